The van der Waals surface area contributed by atoms with E-state index in [4.69, 9.17) is 0 Å². The Hall–Kier alpha value is -2.71. The molecule has 3 heterocycles. The molecule has 0 radical (unpaired) electrons. The first-order valence-corrected chi connectivity index (χ1v) is 10.5. The van der Waals surface area contributed by atoms with Crippen LogP contribution in [0.5, 0.6) is 0 Å². The van der Waals surface area contributed by atoms with Gasteiger partial charge in [-0.3, -0.25) is 0 Å². The van der Waals surface area contributed by atoms with Crippen molar-refractivity contribution in [1.82, 2.24) is 18.5 Å². The summed E-state index contributed by atoms with van der Waals surface area (Å²) < 4.78 is 9.09. The summed E-state index contributed by atoms with van der Waals surface area (Å²) in [4.78, 5) is 0. The van der Waals surface area contributed by atoms with Gasteiger partial charge in [-0.15, -0.1) is 12.4 Å². The summed E-state index contributed by atoms with van der Waals surface area (Å²) in [6.45, 7) is 6.31. The molecule has 5 heteroatoms. The molecule has 5 rings (SSSR count). The maximum Gasteiger partial charge on any atom is 4.00 e. The number of benzene rings is 2. The minimum Gasteiger partial charge on any atom is -0.452 e. The molecule has 0 N–H and O–H groups in total. The molecule has 0 fully saturated rings. The van der Waals surface area contributed by atoms with E-state index in [9.17, 15) is 0 Å². The number of imidazole rings is 2. The first kappa shape index (κ1) is 21.5. The topological polar surface area (TPSA) is 19.7 Å². The minimum atomic E-state index is 0. The predicted molar refractivity (Wildman–Crippen MR) is 120 cm³/mol. The monoisotopic (exact) mass is 589 g/mol. The molecule has 2 aromatic rings. The van der Waals surface area contributed by atoms with Crippen molar-refractivity contribution in [2.45, 2.75) is 39.8 Å². The van der Waals surface area contributed by atoms with E-state index in [0.717, 1.165) is 25.9 Å². The van der Waals surface area contributed by atoms with Gasteiger partial charge in [0.05, 0.1) is 0 Å². The van der Waals surface area contributed by atoms with Crippen molar-refractivity contribution in [1.29, 1.82) is 0 Å². The van der Waals surface area contributed by atoms with E-state index in [1.807, 2.05) is 24.3 Å². The van der Waals surface area contributed by atoms with Gasteiger partial charge in [0.2, 0.25) is 0 Å². The summed E-state index contributed by atoms with van der Waals surface area (Å²) >= 11 is 0. The van der Waals surface area contributed by atoms with Crippen molar-refractivity contribution < 1.29 is 21.1 Å². The van der Waals surface area contributed by atoms with Crippen LogP contribution in [0.4, 0.5) is 0 Å². The number of aryl methyl sites for hydroxylation is 4. The Morgan fingerprint density at radius 1 is 0.710 bits per heavy atom. The zero-order valence-corrected chi connectivity index (χ0v) is 20.1. The first-order valence-electron chi connectivity index (χ1n) is 10.5. The summed E-state index contributed by atoms with van der Waals surface area (Å²) in [5, 5.41) is 0. The molecule has 31 heavy (non-hydrogen) atoms. The Morgan fingerprint density at radius 3 is 1.55 bits per heavy atom. The molecule has 2 aromatic carbocycles. The van der Waals surface area contributed by atoms with E-state index in [1.54, 1.807) is 0 Å². The van der Waals surface area contributed by atoms with Crippen molar-refractivity contribution in [2.24, 2.45) is 0 Å². The second-order valence-corrected chi connectivity index (χ2v) is 7.95. The third-order valence-electron chi connectivity index (χ3n) is 5.97. The number of aromatic nitrogens is 4. The summed E-state index contributed by atoms with van der Waals surface area (Å²) in [6.07, 6.45) is 10.9. The second kappa shape index (κ2) is 9.19. The molecule has 0 saturated carbocycles. The van der Waals surface area contributed by atoms with Gasteiger partial charge in [-0.05, 0) is 25.5 Å². The molecule has 0 atom stereocenters. The van der Waals surface area contributed by atoms with Gasteiger partial charge >= 0.3 is 21.1 Å². The first-order chi connectivity index (χ1) is 14.7. The fourth-order valence-electron chi connectivity index (χ4n) is 4.09. The van der Waals surface area contributed by atoms with Crippen LogP contribution in [0.1, 0.15) is 22.3 Å². The molecular weight excluding hydrogens is 563 g/mol. The van der Waals surface area contributed by atoms with Crippen LogP contribution in [-0.4, -0.2) is 18.5 Å². The van der Waals surface area contributed by atoms with Crippen molar-refractivity contribution >= 4 is 0 Å². The number of hydrogen-bond acceptors (Lipinski definition) is 0. The van der Waals surface area contributed by atoms with Gasteiger partial charge in [0.1, 0.15) is 0 Å². The summed E-state index contributed by atoms with van der Waals surface area (Å²) in [7, 11) is 0. The minimum absolute atomic E-state index is 0. The Kier molecular flexibility index (Phi) is 6.38. The predicted octanol–water partition coefficient (Wildman–Crippen LogP) is 5.01. The molecule has 0 saturated heterocycles. The Balaban J connectivity index is 0.00000231. The van der Waals surface area contributed by atoms with Gasteiger partial charge in [-0.1, -0.05) is 36.3 Å². The maximum atomic E-state index is 3.32. The van der Waals surface area contributed by atoms with E-state index in [1.165, 1.54) is 33.6 Å². The molecule has 4 nitrogen and oxygen atoms in total. The Labute approximate surface area is 198 Å². The van der Waals surface area contributed by atoms with Crippen molar-refractivity contribution in [3.8, 4) is 11.4 Å². The molecule has 3 aliphatic rings. The van der Waals surface area contributed by atoms with Crippen molar-refractivity contribution in [2.75, 3.05) is 0 Å². The molecule has 0 spiro atoms. The largest absolute Gasteiger partial charge is 4.00 e. The second-order valence-electron chi connectivity index (χ2n) is 7.95. The number of fused-ring (bicyclic) bond motifs is 3. The van der Waals surface area contributed by atoms with Crippen LogP contribution in [0, 0.1) is 26.0 Å². The van der Waals surface area contributed by atoms with Crippen LogP contribution >= 0.6 is 0 Å². The van der Waals surface area contributed by atoms with Gasteiger partial charge in [-0.2, -0.15) is 71.8 Å². The number of hydrogen-bond donors (Lipinski definition) is 0. The van der Waals surface area contributed by atoms with Crippen LogP contribution in [0.3, 0.4) is 0 Å². The smallest absolute Gasteiger partial charge is 0.452 e. The zero-order valence-electron chi connectivity index (χ0n) is 17.9. The van der Waals surface area contributed by atoms with Gasteiger partial charge in [0, 0.05) is 13.1 Å². The van der Waals surface area contributed by atoms with Gasteiger partial charge in [0.25, 0.3) is 0 Å². The average molecular weight is 590 g/mol. The molecular formula is C26H26N4Pt. The SMILES string of the molecule is Cc1c2cn(CCc3[c-]cccc3)[cH-]n-2n2[cH-]n(CCc3[c-]cccc3)cc-2c1C.[Pt+4]. The van der Waals surface area contributed by atoms with E-state index in [2.05, 4.69) is 93.8 Å². The normalized spacial score (nSPS) is 11.2. The molecule has 0 aliphatic carbocycles. The van der Waals surface area contributed by atoms with Crippen LogP contribution in [0.2, 0.25) is 0 Å². The molecule has 0 aromatic heterocycles. The molecule has 0 unspecified atom stereocenters. The maximum absolute atomic E-state index is 3.32. The summed E-state index contributed by atoms with van der Waals surface area (Å²) in [5.41, 5.74) is 7.64. The van der Waals surface area contributed by atoms with Gasteiger partial charge < -0.3 is 18.5 Å². The standard InChI is InChI=1S/C26H26N4.Pt/c1-21-22(2)26-18-28(16-14-24-11-7-4-8-12-24)20-30(26)29-19-27(17-25(21)29)15-13-23-9-5-3-6-10-23;/h3-9,11,17-20H,13-16H2,1-2H3;/q-4;+4. The zero-order chi connectivity index (χ0) is 20.5. The van der Waals surface area contributed by atoms with Gasteiger partial charge in [0.15, 0.2) is 0 Å². The Bertz CT molecular complexity index is 1110. The molecule has 0 amide bonds. The van der Waals surface area contributed by atoms with Crippen LogP contribution in [-0.2, 0) is 47.0 Å². The number of nitrogens with zero attached hydrogens (tertiary/aromatic N) is 4. The van der Waals surface area contributed by atoms with Crippen LogP contribution in [0.15, 0.2) is 73.6 Å². The fourth-order valence-corrected chi connectivity index (χ4v) is 4.09. The summed E-state index contributed by atoms with van der Waals surface area (Å²) in [5.74, 6) is 0. The van der Waals surface area contributed by atoms with Gasteiger partial charge in [-0.25, -0.2) is 0 Å². The van der Waals surface area contributed by atoms with Crippen LogP contribution in [0.25, 0.3) is 11.4 Å². The molecule has 3 aliphatic heterocycles. The summed E-state index contributed by atoms with van der Waals surface area (Å²) in [6, 6.07) is 23.1. The average Bonchev–Trinajstić information content (AvgIpc) is 3.41. The Morgan fingerprint density at radius 2 is 1.16 bits per heavy atom. The van der Waals surface area contributed by atoms with Crippen molar-refractivity contribution in [3.05, 3.63) is 108 Å². The van der Waals surface area contributed by atoms with E-state index in [0.29, 0.717) is 0 Å². The quantitative estimate of drug-likeness (QED) is 0.249. The van der Waals surface area contributed by atoms with Crippen molar-refractivity contribution in [3.63, 3.8) is 0 Å². The van der Waals surface area contributed by atoms with E-state index < -0.39 is 0 Å². The third kappa shape index (κ3) is 4.36. The van der Waals surface area contributed by atoms with E-state index in [-0.39, 0.29) is 21.1 Å². The number of rotatable bonds is 6. The van der Waals surface area contributed by atoms with E-state index >= 15 is 0 Å². The third-order valence-corrected chi connectivity index (χ3v) is 5.97. The molecule has 160 valence electrons. The fraction of sp³-hybridized carbons (Fsp3) is 0.231. The van der Waals surface area contributed by atoms with Crippen LogP contribution < -0.4 is 0 Å². The molecule has 0 bridgehead atoms.